The third-order valence-corrected chi connectivity index (χ3v) is 6.40. The number of carbonyl (C=O) groups excluding carboxylic acids is 1. The van der Waals surface area contributed by atoms with Crippen LogP contribution in [0.2, 0.25) is 0 Å². The molecule has 6 nitrogen and oxygen atoms in total. The van der Waals surface area contributed by atoms with Crippen LogP contribution in [0, 0.1) is 20.8 Å². The van der Waals surface area contributed by atoms with Crippen molar-refractivity contribution in [3.63, 3.8) is 0 Å². The van der Waals surface area contributed by atoms with E-state index in [0.717, 1.165) is 16.7 Å². The molecule has 32 heavy (non-hydrogen) atoms. The molecule has 0 aliphatic carbocycles. The Balaban J connectivity index is 1.67. The minimum absolute atomic E-state index is 0.110. The van der Waals surface area contributed by atoms with Crippen molar-refractivity contribution in [1.29, 1.82) is 0 Å². The Morgan fingerprint density at radius 1 is 0.906 bits per heavy atom. The van der Waals surface area contributed by atoms with Crippen molar-refractivity contribution in [2.45, 2.75) is 45.1 Å². The predicted octanol–water partition coefficient (Wildman–Crippen LogP) is 5.21. The van der Waals surface area contributed by atoms with Gasteiger partial charge in [-0.05, 0) is 75.2 Å². The topological polar surface area (TPSA) is 84.5 Å². The van der Waals surface area contributed by atoms with Gasteiger partial charge < -0.3 is 10.1 Å². The van der Waals surface area contributed by atoms with Crippen LogP contribution in [-0.4, -0.2) is 20.4 Å². The van der Waals surface area contributed by atoms with Gasteiger partial charge in [-0.2, -0.15) is 0 Å². The van der Waals surface area contributed by atoms with Crippen LogP contribution in [-0.2, 0) is 14.8 Å². The maximum Gasteiger partial charge on any atom is 0.265 e. The molecule has 0 saturated heterocycles. The van der Waals surface area contributed by atoms with Gasteiger partial charge in [0.05, 0.1) is 10.6 Å². The van der Waals surface area contributed by atoms with E-state index in [1.54, 1.807) is 18.2 Å². The number of rotatable bonds is 8. The molecule has 1 atom stereocenters. The van der Waals surface area contributed by atoms with Gasteiger partial charge in [-0.25, -0.2) is 8.42 Å². The first kappa shape index (κ1) is 23.3. The van der Waals surface area contributed by atoms with E-state index in [9.17, 15) is 13.2 Å². The molecule has 0 aromatic heterocycles. The lowest BCUT2D eigenvalue weighted by atomic mass is 10.1. The van der Waals surface area contributed by atoms with E-state index >= 15 is 0 Å². The molecular weight excluding hydrogens is 424 g/mol. The smallest absolute Gasteiger partial charge is 0.265 e. The fourth-order valence-electron chi connectivity index (χ4n) is 3.18. The number of hydrogen-bond acceptors (Lipinski definition) is 4. The maximum absolute atomic E-state index is 12.7. The van der Waals surface area contributed by atoms with E-state index in [-0.39, 0.29) is 10.8 Å². The molecule has 0 saturated carbocycles. The Bertz CT molecular complexity index is 1190. The van der Waals surface area contributed by atoms with Crippen LogP contribution < -0.4 is 14.8 Å². The van der Waals surface area contributed by atoms with Gasteiger partial charge in [0.2, 0.25) is 0 Å². The molecule has 0 spiro atoms. The summed E-state index contributed by atoms with van der Waals surface area (Å²) in [5.74, 6) is 0.327. The van der Waals surface area contributed by atoms with E-state index in [0.29, 0.717) is 23.5 Å². The quantitative estimate of drug-likeness (QED) is 0.491. The van der Waals surface area contributed by atoms with Crippen molar-refractivity contribution in [3.8, 4) is 5.75 Å². The lowest BCUT2D eigenvalue weighted by Crippen LogP contribution is -2.32. The molecule has 0 bridgehead atoms. The Hall–Kier alpha value is -3.32. The third-order valence-electron chi connectivity index (χ3n) is 5.02. The zero-order valence-electron chi connectivity index (χ0n) is 18.7. The van der Waals surface area contributed by atoms with Crippen LogP contribution in [0.15, 0.2) is 71.6 Å². The molecule has 0 aliphatic rings. The number of nitrogens with one attached hydrogen (secondary N) is 2. The molecule has 0 fully saturated rings. The van der Waals surface area contributed by atoms with E-state index < -0.39 is 16.1 Å². The van der Waals surface area contributed by atoms with Gasteiger partial charge in [0.15, 0.2) is 6.10 Å². The van der Waals surface area contributed by atoms with Crippen LogP contribution >= 0.6 is 0 Å². The van der Waals surface area contributed by atoms with E-state index in [2.05, 4.69) is 10.0 Å². The molecule has 1 amide bonds. The van der Waals surface area contributed by atoms with Gasteiger partial charge >= 0.3 is 0 Å². The average Bonchev–Trinajstić information content (AvgIpc) is 2.75. The highest BCUT2D eigenvalue weighted by molar-refractivity contribution is 7.92. The summed E-state index contributed by atoms with van der Waals surface area (Å²) in [6, 6.07) is 19.1. The largest absolute Gasteiger partial charge is 0.481 e. The number of aryl methyl sites for hydroxylation is 3. The summed E-state index contributed by atoms with van der Waals surface area (Å²) in [6.45, 7) is 7.65. The Morgan fingerprint density at radius 2 is 1.53 bits per heavy atom. The lowest BCUT2D eigenvalue weighted by molar-refractivity contribution is -0.122. The standard InChI is InChI=1S/C25H28N2O4S/c1-5-24(31-21-11-6-17(2)7-12-21)25(28)26-20-9-13-22(14-10-20)32(29,30)27-23-15-8-18(3)16-19(23)4/h6-16,24,27H,5H2,1-4H3,(H,26,28). The van der Waals surface area contributed by atoms with Gasteiger partial charge in [0.1, 0.15) is 5.75 Å². The van der Waals surface area contributed by atoms with Crippen LogP contribution in [0.5, 0.6) is 5.75 Å². The van der Waals surface area contributed by atoms with Gasteiger partial charge in [-0.15, -0.1) is 0 Å². The van der Waals surface area contributed by atoms with Crippen molar-refractivity contribution in [3.05, 3.63) is 83.4 Å². The summed E-state index contributed by atoms with van der Waals surface area (Å²) >= 11 is 0. The number of ether oxygens (including phenoxy) is 1. The number of amides is 1. The van der Waals surface area contributed by atoms with Crippen LogP contribution in [0.4, 0.5) is 11.4 Å². The molecule has 7 heteroatoms. The number of hydrogen-bond donors (Lipinski definition) is 2. The lowest BCUT2D eigenvalue weighted by Gasteiger charge is -2.17. The van der Waals surface area contributed by atoms with Gasteiger partial charge in [-0.3, -0.25) is 9.52 Å². The average molecular weight is 453 g/mol. The SMILES string of the molecule is CCC(Oc1ccc(C)cc1)C(=O)Nc1ccc(S(=O)(=O)Nc2ccc(C)cc2C)cc1. The van der Waals surface area contributed by atoms with Gasteiger partial charge in [-0.1, -0.05) is 42.3 Å². The number of benzene rings is 3. The highest BCUT2D eigenvalue weighted by atomic mass is 32.2. The molecule has 0 radical (unpaired) electrons. The predicted molar refractivity (Wildman–Crippen MR) is 128 cm³/mol. The summed E-state index contributed by atoms with van der Waals surface area (Å²) in [5.41, 5.74) is 4.04. The highest BCUT2D eigenvalue weighted by Gasteiger charge is 2.20. The Kier molecular flexibility index (Phi) is 7.20. The molecule has 3 rings (SSSR count). The fourth-order valence-corrected chi connectivity index (χ4v) is 4.31. The number of anilines is 2. The summed E-state index contributed by atoms with van der Waals surface area (Å²) in [7, 11) is -3.75. The fraction of sp³-hybridized carbons (Fsp3) is 0.240. The van der Waals surface area contributed by atoms with E-state index in [1.807, 2.05) is 64.1 Å². The number of sulfonamides is 1. The summed E-state index contributed by atoms with van der Waals surface area (Å²) in [4.78, 5) is 12.7. The Morgan fingerprint density at radius 3 is 2.12 bits per heavy atom. The maximum atomic E-state index is 12.7. The van der Waals surface area contributed by atoms with E-state index in [1.165, 1.54) is 12.1 Å². The first-order valence-corrected chi connectivity index (χ1v) is 11.9. The zero-order valence-corrected chi connectivity index (χ0v) is 19.5. The Labute approximate surface area is 189 Å². The highest BCUT2D eigenvalue weighted by Crippen LogP contribution is 2.22. The van der Waals surface area contributed by atoms with Crippen molar-refractivity contribution >= 4 is 27.3 Å². The molecule has 0 aliphatic heterocycles. The van der Waals surface area contributed by atoms with Crippen LogP contribution in [0.1, 0.15) is 30.0 Å². The summed E-state index contributed by atoms with van der Waals surface area (Å²) < 4.78 is 33.9. The second kappa shape index (κ2) is 9.87. The van der Waals surface area contributed by atoms with Crippen molar-refractivity contribution in [2.24, 2.45) is 0 Å². The first-order valence-electron chi connectivity index (χ1n) is 10.4. The van der Waals surface area contributed by atoms with Crippen molar-refractivity contribution < 1.29 is 17.9 Å². The molecule has 168 valence electrons. The van der Waals surface area contributed by atoms with Crippen LogP contribution in [0.25, 0.3) is 0 Å². The minimum Gasteiger partial charge on any atom is -0.481 e. The van der Waals surface area contributed by atoms with Crippen LogP contribution in [0.3, 0.4) is 0 Å². The van der Waals surface area contributed by atoms with E-state index in [4.69, 9.17) is 4.74 Å². The molecule has 3 aromatic carbocycles. The first-order chi connectivity index (χ1) is 15.2. The minimum atomic E-state index is -3.75. The molecule has 3 aromatic rings. The summed E-state index contributed by atoms with van der Waals surface area (Å²) in [5, 5.41) is 2.79. The molecule has 2 N–H and O–H groups in total. The molecule has 1 unspecified atom stereocenters. The number of carbonyl (C=O) groups is 1. The molecular formula is C25H28N2O4S. The monoisotopic (exact) mass is 452 g/mol. The second-order valence-electron chi connectivity index (χ2n) is 7.77. The zero-order chi connectivity index (χ0) is 23.3. The normalized spacial score (nSPS) is 12.1. The molecule has 0 heterocycles. The third kappa shape index (κ3) is 5.88. The van der Waals surface area contributed by atoms with Gasteiger partial charge in [0, 0.05) is 5.69 Å². The van der Waals surface area contributed by atoms with Crippen molar-refractivity contribution in [1.82, 2.24) is 0 Å². The van der Waals surface area contributed by atoms with Gasteiger partial charge in [0.25, 0.3) is 15.9 Å². The summed E-state index contributed by atoms with van der Waals surface area (Å²) in [6.07, 6.45) is -0.168. The van der Waals surface area contributed by atoms with Crippen molar-refractivity contribution in [2.75, 3.05) is 10.0 Å². The second-order valence-corrected chi connectivity index (χ2v) is 9.45.